The molecule has 0 saturated carbocycles. The van der Waals surface area contributed by atoms with Crippen LogP contribution in [0.15, 0.2) is 36.5 Å². The van der Waals surface area contributed by atoms with Gasteiger partial charge in [-0.25, -0.2) is 9.97 Å². The van der Waals surface area contributed by atoms with E-state index in [4.69, 9.17) is 0 Å². The van der Waals surface area contributed by atoms with Gasteiger partial charge in [0.2, 0.25) is 5.82 Å². The Morgan fingerprint density at radius 1 is 1.08 bits per heavy atom. The van der Waals surface area contributed by atoms with Gasteiger partial charge in [0.05, 0.1) is 11.4 Å². The SMILES string of the molecule is CC.Cc1ccnc(C(=O)Nc2ccccc2N2CCCCC2)n1. The lowest BCUT2D eigenvalue weighted by atomic mass is 10.1. The number of piperidine rings is 1. The predicted molar refractivity (Wildman–Crippen MR) is 98.6 cm³/mol. The molecule has 1 N–H and O–H groups in total. The van der Waals surface area contributed by atoms with E-state index in [1.165, 1.54) is 19.3 Å². The van der Waals surface area contributed by atoms with Gasteiger partial charge in [-0.15, -0.1) is 0 Å². The second kappa shape index (κ2) is 9.01. The molecule has 5 heteroatoms. The predicted octanol–water partition coefficient (Wildman–Crippen LogP) is 4.05. The Morgan fingerprint density at radius 2 is 1.79 bits per heavy atom. The Balaban J connectivity index is 0.00000100. The summed E-state index contributed by atoms with van der Waals surface area (Å²) < 4.78 is 0. The van der Waals surface area contributed by atoms with E-state index in [0.717, 1.165) is 30.2 Å². The van der Waals surface area contributed by atoms with Crippen molar-refractivity contribution in [3.8, 4) is 0 Å². The third-order valence-corrected chi connectivity index (χ3v) is 3.85. The van der Waals surface area contributed by atoms with Crippen LogP contribution in [0.4, 0.5) is 11.4 Å². The van der Waals surface area contributed by atoms with E-state index in [2.05, 4.69) is 26.3 Å². The molecule has 0 atom stereocenters. The molecule has 1 saturated heterocycles. The summed E-state index contributed by atoms with van der Waals surface area (Å²) in [6.07, 6.45) is 5.28. The number of carbonyl (C=O) groups is 1. The number of aryl methyl sites for hydroxylation is 1. The lowest BCUT2D eigenvalue weighted by molar-refractivity contribution is 0.101. The van der Waals surface area contributed by atoms with E-state index in [-0.39, 0.29) is 11.7 Å². The van der Waals surface area contributed by atoms with E-state index >= 15 is 0 Å². The molecule has 1 fully saturated rings. The van der Waals surface area contributed by atoms with Gasteiger partial charge in [0.1, 0.15) is 0 Å². The summed E-state index contributed by atoms with van der Waals surface area (Å²) in [5.41, 5.74) is 2.67. The molecule has 1 aliphatic rings. The molecule has 1 aromatic heterocycles. The molecule has 24 heavy (non-hydrogen) atoms. The first-order chi connectivity index (χ1) is 11.7. The molecule has 0 aliphatic carbocycles. The van der Waals surface area contributed by atoms with Crippen molar-refractivity contribution in [2.45, 2.75) is 40.0 Å². The van der Waals surface area contributed by atoms with Crippen LogP contribution in [0.2, 0.25) is 0 Å². The fraction of sp³-hybridized carbons (Fsp3) is 0.421. The van der Waals surface area contributed by atoms with Crippen molar-refractivity contribution in [1.82, 2.24) is 9.97 Å². The van der Waals surface area contributed by atoms with Crippen LogP contribution in [0.3, 0.4) is 0 Å². The first-order valence-electron chi connectivity index (χ1n) is 8.69. The van der Waals surface area contributed by atoms with Crippen molar-refractivity contribution >= 4 is 17.3 Å². The Hall–Kier alpha value is -2.43. The first kappa shape index (κ1) is 17.9. The highest BCUT2D eigenvalue weighted by molar-refractivity contribution is 6.03. The number of aromatic nitrogens is 2. The van der Waals surface area contributed by atoms with Crippen molar-refractivity contribution in [2.24, 2.45) is 0 Å². The van der Waals surface area contributed by atoms with Gasteiger partial charge in [-0.1, -0.05) is 26.0 Å². The maximum atomic E-state index is 12.3. The second-order valence-electron chi connectivity index (χ2n) is 5.54. The Labute approximate surface area is 144 Å². The van der Waals surface area contributed by atoms with Gasteiger partial charge in [-0.05, 0) is 44.4 Å². The standard InChI is InChI=1S/C17H20N4O.C2H6/c1-13-9-10-18-16(19-13)17(22)20-14-7-3-4-8-15(14)21-11-5-2-6-12-21;1-2/h3-4,7-10H,2,5-6,11-12H2,1H3,(H,20,22);1-2H3. The fourth-order valence-corrected chi connectivity index (χ4v) is 2.73. The van der Waals surface area contributed by atoms with E-state index < -0.39 is 0 Å². The average Bonchev–Trinajstić information content (AvgIpc) is 2.64. The minimum Gasteiger partial charge on any atom is -0.370 e. The highest BCUT2D eigenvalue weighted by Crippen LogP contribution is 2.28. The third-order valence-electron chi connectivity index (χ3n) is 3.85. The number of nitrogens with one attached hydrogen (secondary N) is 1. The van der Waals surface area contributed by atoms with Crippen LogP contribution in [0, 0.1) is 6.92 Å². The van der Waals surface area contributed by atoms with E-state index in [9.17, 15) is 4.79 Å². The van der Waals surface area contributed by atoms with Gasteiger partial charge in [-0.2, -0.15) is 0 Å². The zero-order valence-electron chi connectivity index (χ0n) is 14.7. The quantitative estimate of drug-likeness (QED) is 0.924. The van der Waals surface area contributed by atoms with Crippen molar-refractivity contribution < 1.29 is 4.79 Å². The lowest BCUT2D eigenvalue weighted by Gasteiger charge is -2.30. The van der Waals surface area contributed by atoms with E-state index in [1.807, 2.05) is 39.0 Å². The number of nitrogens with zero attached hydrogens (tertiary/aromatic N) is 3. The molecular formula is C19H26N4O. The van der Waals surface area contributed by atoms with Crippen molar-refractivity contribution in [1.29, 1.82) is 0 Å². The van der Waals surface area contributed by atoms with Crippen LogP contribution in [-0.2, 0) is 0 Å². The highest BCUT2D eigenvalue weighted by atomic mass is 16.2. The second-order valence-corrected chi connectivity index (χ2v) is 5.54. The average molecular weight is 326 g/mol. The summed E-state index contributed by atoms with van der Waals surface area (Å²) in [6.45, 7) is 7.92. The molecule has 3 rings (SSSR count). The first-order valence-corrected chi connectivity index (χ1v) is 8.69. The summed E-state index contributed by atoms with van der Waals surface area (Å²) in [4.78, 5) is 22.9. The maximum absolute atomic E-state index is 12.3. The smallest absolute Gasteiger partial charge is 0.293 e. The van der Waals surface area contributed by atoms with Gasteiger partial charge in [0, 0.05) is 25.0 Å². The number of hydrogen-bond donors (Lipinski definition) is 1. The maximum Gasteiger partial charge on any atom is 0.293 e. The summed E-state index contributed by atoms with van der Waals surface area (Å²) in [5.74, 6) is -0.0680. The number of amides is 1. The molecule has 1 amide bonds. The van der Waals surface area contributed by atoms with Crippen LogP contribution in [0.25, 0.3) is 0 Å². The molecule has 0 unspecified atom stereocenters. The number of anilines is 2. The number of hydrogen-bond acceptors (Lipinski definition) is 4. The summed E-state index contributed by atoms with van der Waals surface area (Å²) in [7, 11) is 0. The van der Waals surface area contributed by atoms with Gasteiger partial charge < -0.3 is 10.2 Å². The monoisotopic (exact) mass is 326 g/mol. The molecule has 128 valence electrons. The number of rotatable bonds is 3. The van der Waals surface area contributed by atoms with Crippen LogP contribution in [0.1, 0.15) is 49.4 Å². The molecule has 0 bridgehead atoms. The van der Waals surface area contributed by atoms with Crippen LogP contribution in [-0.4, -0.2) is 29.0 Å². The fourth-order valence-electron chi connectivity index (χ4n) is 2.73. The summed E-state index contributed by atoms with van der Waals surface area (Å²) in [5, 5.41) is 2.95. The molecule has 0 spiro atoms. The van der Waals surface area contributed by atoms with Crippen LogP contribution >= 0.6 is 0 Å². The lowest BCUT2D eigenvalue weighted by Crippen LogP contribution is -2.30. The molecule has 0 radical (unpaired) electrons. The molecule has 1 aromatic carbocycles. The van der Waals surface area contributed by atoms with Crippen molar-refractivity contribution in [3.05, 3.63) is 48.0 Å². The zero-order chi connectivity index (χ0) is 17.4. The van der Waals surface area contributed by atoms with E-state index in [0.29, 0.717) is 0 Å². The topological polar surface area (TPSA) is 58.1 Å². The van der Waals surface area contributed by atoms with Gasteiger partial charge in [0.25, 0.3) is 5.91 Å². The number of benzene rings is 1. The minimum absolute atomic E-state index is 0.202. The highest BCUT2D eigenvalue weighted by Gasteiger charge is 2.17. The number of carbonyl (C=O) groups excluding carboxylic acids is 1. The van der Waals surface area contributed by atoms with Crippen LogP contribution in [0.5, 0.6) is 0 Å². The Morgan fingerprint density at radius 3 is 2.50 bits per heavy atom. The molecule has 5 nitrogen and oxygen atoms in total. The van der Waals surface area contributed by atoms with Gasteiger partial charge in [-0.3, -0.25) is 4.79 Å². The van der Waals surface area contributed by atoms with Crippen molar-refractivity contribution in [3.63, 3.8) is 0 Å². The Kier molecular flexibility index (Phi) is 6.73. The van der Waals surface area contributed by atoms with Gasteiger partial charge >= 0.3 is 0 Å². The zero-order valence-corrected chi connectivity index (χ0v) is 14.7. The van der Waals surface area contributed by atoms with E-state index in [1.54, 1.807) is 12.3 Å². The summed E-state index contributed by atoms with van der Waals surface area (Å²) >= 11 is 0. The van der Waals surface area contributed by atoms with Crippen molar-refractivity contribution in [2.75, 3.05) is 23.3 Å². The largest absolute Gasteiger partial charge is 0.370 e. The third kappa shape index (κ3) is 4.54. The molecular weight excluding hydrogens is 300 g/mol. The minimum atomic E-state index is -0.270. The molecule has 2 aromatic rings. The van der Waals surface area contributed by atoms with Crippen LogP contribution < -0.4 is 10.2 Å². The molecule has 2 heterocycles. The van der Waals surface area contributed by atoms with Gasteiger partial charge in [0.15, 0.2) is 0 Å². The normalized spacial score (nSPS) is 13.7. The number of para-hydroxylation sites is 2. The summed E-state index contributed by atoms with van der Waals surface area (Å²) in [6, 6.07) is 9.69. The molecule has 1 aliphatic heterocycles. The Bertz CT molecular complexity index is 666.